The molecule has 0 fully saturated rings. The lowest BCUT2D eigenvalue weighted by atomic mass is 10.1. The fraction of sp³-hybridized carbons (Fsp3) is 0.538. The van der Waals surface area contributed by atoms with Crippen LogP contribution >= 0.6 is 0 Å². The van der Waals surface area contributed by atoms with Crippen molar-refractivity contribution in [3.05, 3.63) is 29.6 Å². The molecule has 1 aromatic carbocycles. The number of hydrogen-bond donors (Lipinski definition) is 1. The molecule has 0 amide bonds. The third-order valence-electron chi connectivity index (χ3n) is 2.27. The van der Waals surface area contributed by atoms with Crippen molar-refractivity contribution in [3.8, 4) is 5.75 Å². The summed E-state index contributed by atoms with van der Waals surface area (Å²) in [5.74, 6) is 0.431. The smallest absolute Gasteiger partial charge is 0.123 e. The Balaban J connectivity index is 2.45. The Morgan fingerprint density at radius 3 is 2.76 bits per heavy atom. The zero-order valence-corrected chi connectivity index (χ0v) is 10.2. The number of benzene rings is 1. The summed E-state index contributed by atoms with van der Waals surface area (Å²) in [7, 11) is 0. The number of nitrogens with two attached hydrogens (primary N) is 1. The van der Waals surface area contributed by atoms with Gasteiger partial charge in [-0.05, 0) is 43.1 Å². The van der Waals surface area contributed by atoms with Gasteiger partial charge >= 0.3 is 0 Å². The molecule has 0 aliphatic rings. The van der Waals surface area contributed by atoms with Gasteiger partial charge in [0.2, 0.25) is 0 Å². The highest BCUT2D eigenvalue weighted by Crippen LogP contribution is 2.19. The summed E-state index contributed by atoms with van der Waals surface area (Å²) < 4.78 is 23.9. The zero-order valence-electron chi connectivity index (χ0n) is 10.2. The SMILES string of the molecule is CCCOCCOc1ccc(F)cc1CCN. The predicted octanol–water partition coefficient (Wildman–Crippen LogP) is 2.13. The molecular weight excluding hydrogens is 221 g/mol. The lowest BCUT2D eigenvalue weighted by molar-refractivity contribution is 0.100. The van der Waals surface area contributed by atoms with Crippen molar-refractivity contribution in [1.29, 1.82) is 0 Å². The van der Waals surface area contributed by atoms with E-state index < -0.39 is 0 Å². The zero-order chi connectivity index (χ0) is 12.5. The van der Waals surface area contributed by atoms with Crippen LogP contribution in [0.2, 0.25) is 0 Å². The number of hydrogen-bond acceptors (Lipinski definition) is 3. The number of halogens is 1. The average Bonchev–Trinajstić information content (AvgIpc) is 2.32. The van der Waals surface area contributed by atoms with E-state index in [4.69, 9.17) is 15.2 Å². The highest BCUT2D eigenvalue weighted by Gasteiger charge is 2.04. The average molecular weight is 241 g/mol. The molecule has 0 saturated heterocycles. The molecule has 1 rings (SSSR count). The van der Waals surface area contributed by atoms with E-state index in [0.717, 1.165) is 18.6 Å². The van der Waals surface area contributed by atoms with Crippen LogP contribution < -0.4 is 10.5 Å². The van der Waals surface area contributed by atoms with Crippen molar-refractivity contribution in [2.24, 2.45) is 5.73 Å². The molecule has 2 N–H and O–H groups in total. The van der Waals surface area contributed by atoms with Crippen molar-refractivity contribution in [2.45, 2.75) is 19.8 Å². The first-order valence-electron chi connectivity index (χ1n) is 5.97. The minimum Gasteiger partial charge on any atom is -0.491 e. The summed E-state index contributed by atoms with van der Waals surface area (Å²) >= 11 is 0. The maximum absolute atomic E-state index is 13.0. The van der Waals surface area contributed by atoms with Gasteiger partial charge in [0.25, 0.3) is 0 Å². The second kappa shape index (κ2) is 8.03. The quantitative estimate of drug-likeness (QED) is 0.709. The molecule has 1 aromatic rings. The first kappa shape index (κ1) is 13.9. The van der Waals surface area contributed by atoms with Crippen LogP contribution in [0.15, 0.2) is 18.2 Å². The maximum atomic E-state index is 13.0. The lowest BCUT2D eigenvalue weighted by Crippen LogP contribution is -2.10. The Kier molecular flexibility index (Phi) is 6.58. The first-order valence-corrected chi connectivity index (χ1v) is 5.97. The van der Waals surface area contributed by atoms with Crippen LogP contribution in [0.25, 0.3) is 0 Å². The summed E-state index contributed by atoms with van der Waals surface area (Å²) in [5.41, 5.74) is 6.28. The highest BCUT2D eigenvalue weighted by molar-refractivity contribution is 5.34. The van der Waals surface area contributed by atoms with Gasteiger partial charge in [-0.2, -0.15) is 0 Å². The van der Waals surface area contributed by atoms with E-state index >= 15 is 0 Å². The normalized spacial score (nSPS) is 10.5. The number of rotatable bonds is 8. The van der Waals surface area contributed by atoms with E-state index in [2.05, 4.69) is 6.92 Å². The molecule has 4 heteroatoms. The summed E-state index contributed by atoms with van der Waals surface area (Å²) in [6, 6.07) is 4.50. The maximum Gasteiger partial charge on any atom is 0.123 e. The second-order valence-electron chi connectivity index (χ2n) is 3.75. The van der Waals surface area contributed by atoms with Crippen molar-refractivity contribution < 1.29 is 13.9 Å². The molecule has 0 aromatic heterocycles. The summed E-state index contributed by atoms with van der Waals surface area (Å²) in [6.45, 7) is 4.30. The largest absolute Gasteiger partial charge is 0.491 e. The van der Waals surface area contributed by atoms with Crippen LogP contribution in [-0.2, 0) is 11.2 Å². The van der Waals surface area contributed by atoms with Crippen LogP contribution in [0, 0.1) is 5.82 Å². The van der Waals surface area contributed by atoms with Gasteiger partial charge < -0.3 is 15.2 Å². The Labute approximate surface area is 102 Å². The molecule has 0 atom stereocenters. The van der Waals surface area contributed by atoms with Gasteiger partial charge in [0, 0.05) is 6.61 Å². The number of ether oxygens (including phenoxy) is 2. The predicted molar refractivity (Wildman–Crippen MR) is 65.8 cm³/mol. The standard InChI is InChI=1S/C13H20FNO2/c1-2-7-16-8-9-17-13-4-3-12(14)10-11(13)5-6-15/h3-4,10H,2,5-9,15H2,1H3. The molecule has 3 nitrogen and oxygen atoms in total. The van der Waals surface area contributed by atoms with E-state index in [9.17, 15) is 4.39 Å². The molecule has 0 aliphatic heterocycles. The third-order valence-corrected chi connectivity index (χ3v) is 2.27. The molecule has 0 unspecified atom stereocenters. The Morgan fingerprint density at radius 2 is 2.06 bits per heavy atom. The Bertz CT molecular complexity index is 331. The molecule has 17 heavy (non-hydrogen) atoms. The molecule has 0 bridgehead atoms. The lowest BCUT2D eigenvalue weighted by Gasteiger charge is -2.11. The highest BCUT2D eigenvalue weighted by atomic mass is 19.1. The van der Waals surface area contributed by atoms with Gasteiger partial charge in [-0.25, -0.2) is 4.39 Å². The van der Waals surface area contributed by atoms with Crippen LogP contribution in [0.4, 0.5) is 4.39 Å². The van der Waals surface area contributed by atoms with Crippen LogP contribution in [0.5, 0.6) is 5.75 Å². The first-order chi connectivity index (χ1) is 8.27. The van der Waals surface area contributed by atoms with Crippen molar-refractivity contribution in [3.63, 3.8) is 0 Å². The fourth-order valence-electron chi connectivity index (χ4n) is 1.50. The minimum atomic E-state index is -0.261. The molecule has 0 radical (unpaired) electrons. The van der Waals surface area contributed by atoms with Crippen molar-refractivity contribution in [2.75, 3.05) is 26.4 Å². The summed E-state index contributed by atoms with van der Waals surface area (Å²) in [6.07, 6.45) is 1.61. The second-order valence-corrected chi connectivity index (χ2v) is 3.75. The van der Waals surface area contributed by atoms with Gasteiger partial charge in [0.05, 0.1) is 6.61 Å². The van der Waals surface area contributed by atoms with Crippen LogP contribution in [0.3, 0.4) is 0 Å². The summed E-state index contributed by atoms with van der Waals surface area (Å²) in [5, 5.41) is 0. The van der Waals surface area contributed by atoms with E-state index in [-0.39, 0.29) is 5.82 Å². The molecular formula is C13H20FNO2. The third kappa shape index (κ3) is 5.15. The van der Waals surface area contributed by atoms with Crippen molar-refractivity contribution in [1.82, 2.24) is 0 Å². The van der Waals surface area contributed by atoms with E-state index in [1.807, 2.05) is 0 Å². The van der Waals surface area contributed by atoms with Crippen molar-refractivity contribution >= 4 is 0 Å². The summed E-state index contributed by atoms with van der Waals surface area (Å²) in [4.78, 5) is 0. The molecule has 0 aliphatic carbocycles. The van der Waals surface area contributed by atoms with Gasteiger partial charge in [0.15, 0.2) is 0 Å². The molecule has 96 valence electrons. The topological polar surface area (TPSA) is 44.5 Å². The van der Waals surface area contributed by atoms with Crippen LogP contribution in [0.1, 0.15) is 18.9 Å². The van der Waals surface area contributed by atoms with Gasteiger partial charge in [0.1, 0.15) is 18.2 Å². The minimum absolute atomic E-state index is 0.261. The van der Waals surface area contributed by atoms with Gasteiger partial charge in [-0.1, -0.05) is 6.92 Å². The monoisotopic (exact) mass is 241 g/mol. The van der Waals surface area contributed by atoms with Gasteiger partial charge in [-0.3, -0.25) is 0 Å². The Hall–Kier alpha value is -1.13. The molecule has 0 spiro atoms. The van der Waals surface area contributed by atoms with E-state index in [1.54, 1.807) is 6.07 Å². The Morgan fingerprint density at radius 1 is 1.24 bits per heavy atom. The fourth-order valence-corrected chi connectivity index (χ4v) is 1.50. The molecule has 0 saturated carbocycles. The van der Waals surface area contributed by atoms with E-state index in [1.165, 1.54) is 12.1 Å². The van der Waals surface area contributed by atoms with Crippen LogP contribution in [-0.4, -0.2) is 26.4 Å². The van der Waals surface area contributed by atoms with Gasteiger partial charge in [-0.15, -0.1) is 0 Å². The molecule has 0 heterocycles. The van der Waals surface area contributed by atoms with E-state index in [0.29, 0.717) is 31.9 Å².